The highest BCUT2D eigenvalue weighted by Gasteiger charge is 2.19. The first-order valence-corrected chi connectivity index (χ1v) is 8.29. The van der Waals surface area contributed by atoms with Gasteiger partial charge in [-0.1, -0.05) is 23.2 Å². The van der Waals surface area contributed by atoms with Crippen LogP contribution >= 0.6 is 23.2 Å². The molecule has 0 spiro atoms. The number of hydrogen-bond acceptors (Lipinski definition) is 4. The molecule has 2 aromatic rings. The van der Waals surface area contributed by atoms with E-state index in [1.54, 1.807) is 12.1 Å². The predicted molar refractivity (Wildman–Crippen MR) is 80.0 cm³/mol. The van der Waals surface area contributed by atoms with Crippen molar-refractivity contribution in [3.63, 3.8) is 0 Å². The molecule has 0 unspecified atom stereocenters. The Morgan fingerprint density at radius 1 is 1.24 bits per heavy atom. The van der Waals surface area contributed by atoms with Gasteiger partial charge < -0.3 is 9.52 Å². The van der Waals surface area contributed by atoms with Crippen molar-refractivity contribution in [2.75, 3.05) is 6.54 Å². The largest absolute Gasteiger partial charge is 0.469 e. The highest BCUT2D eigenvalue weighted by atomic mass is 35.5. The summed E-state index contributed by atoms with van der Waals surface area (Å²) in [5.41, 5.74) is 0.299. The van der Waals surface area contributed by atoms with Crippen LogP contribution in [-0.2, 0) is 23.1 Å². The van der Waals surface area contributed by atoms with E-state index in [2.05, 4.69) is 4.72 Å². The second kappa shape index (κ2) is 6.81. The molecule has 0 saturated carbocycles. The van der Waals surface area contributed by atoms with Gasteiger partial charge in [-0.05, 0) is 29.8 Å². The van der Waals surface area contributed by atoms with Gasteiger partial charge in [-0.25, -0.2) is 13.1 Å². The van der Waals surface area contributed by atoms with Gasteiger partial charge in [0, 0.05) is 18.0 Å². The fraction of sp³-hybridized carbons (Fsp3) is 0.231. The topological polar surface area (TPSA) is 79.5 Å². The number of aliphatic hydroxyl groups is 1. The fourth-order valence-electron chi connectivity index (χ4n) is 1.74. The van der Waals surface area contributed by atoms with Crippen LogP contribution in [-0.4, -0.2) is 20.1 Å². The predicted octanol–water partition coefficient (Wildman–Crippen LogP) is 2.60. The molecule has 0 aliphatic carbocycles. The van der Waals surface area contributed by atoms with E-state index in [0.29, 0.717) is 17.7 Å². The third-order valence-electron chi connectivity index (χ3n) is 2.80. The van der Waals surface area contributed by atoms with E-state index in [4.69, 9.17) is 32.7 Å². The molecule has 2 N–H and O–H groups in total. The zero-order chi connectivity index (χ0) is 15.5. The van der Waals surface area contributed by atoms with Gasteiger partial charge in [0.05, 0.1) is 17.9 Å². The summed E-state index contributed by atoms with van der Waals surface area (Å²) in [5, 5.41) is 9.37. The summed E-state index contributed by atoms with van der Waals surface area (Å²) in [6, 6.07) is 6.05. The first-order chi connectivity index (χ1) is 9.94. The van der Waals surface area contributed by atoms with E-state index in [-0.39, 0.29) is 28.1 Å². The maximum Gasteiger partial charge on any atom is 0.242 e. The minimum atomic E-state index is -3.79. The number of furan rings is 1. The molecule has 8 heteroatoms. The fourth-order valence-corrected chi connectivity index (χ4v) is 3.63. The number of halogens is 2. The molecule has 0 fully saturated rings. The lowest BCUT2D eigenvalue weighted by molar-refractivity contribution is 0.281. The average molecular weight is 350 g/mol. The summed E-state index contributed by atoms with van der Waals surface area (Å²) in [6.07, 6.45) is 1.94. The lowest BCUT2D eigenvalue weighted by Gasteiger charge is -2.10. The van der Waals surface area contributed by atoms with E-state index in [9.17, 15) is 8.42 Å². The molecule has 2 rings (SSSR count). The van der Waals surface area contributed by atoms with Crippen molar-refractivity contribution in [2.45, 2.75) is 17.9 Å². The van der Waals surface area contributed by atoms with Gasteiger partial charge in [0.25, 0.3) is 0 Å². The quantitative estimate of drug-likeness (QED) is 0.839. The van der Waals surface area contributed by atoms with Crippen molar-refractivity contribution in [3.8, 4) is 0 Å². The molecule has 5 nitrogen and oxygen atoms in total. The Labute approximate surface area is 132 Å². The van der Waals surface area contributed by atoms with E-state index in [0.717, 1.165) is 0 Å². The number of nitrogens with one attached hydrogen (secondary N) is 1. The first-order valence-electron chi connectivity index (χ1n) is 6.05. The van der Waals surface area contributed by atoms with Gasteiger partial charge in [-0.15, -0.1) is 0 Å². The van der Waals surface area contributed by atoms with Gasteiger partial charge in [0.1, 0.15) is 10.7 Å². The van der Waals surface area contributed by atoms with Crippen LogP contribution in [0.15, 0.2) is 39.8 Å². The van der Waals surface area contributed by atoms with Crippen LogP contribution in [0.2, 0.25) is 10.0 Å². The van der Waals surface area contributed by atoms with Crippen LogP contribution in [0.4, 0.5) is 0 Å². The Hall–Kier alpha value is -1.05. The van der Waals surface area contributed by atoms with Crippen LogP contribution in [0.1, 0.15) is 11.3 Å². The Morgan fingerprint density at radius 2 is 2.00 bits per heavy atom. The summed E-state index contributed by atoms with van der Waals surface area (Å²) in [6.45, 7) is -0.200. The molecule has 0 radical (unpaired) electrons. The smallest absolute Gasteiger partial charge is 0.242 e. The molecule has 1 heterocycles. The summed E-state index contributed by atoms with van der Waals surface area (Å²) < 4.78 is 32.0. The maximum absolute atomic E-state index is 12.2. The second-order valence-electron chi connectivity index (χ2n) is 4.26. The minimum absolute atomic E-state index is 0.00250. The van der Waals surface area contributed by atoms with Crippen molar-refractivity contribution >= 4 is 33.2 Å². The summed E-state index contributed by atoms with van der Waals surface area (Å²) in [5.74, 6) is 0.677. The van der Waals surface area contributed by atoms with Gasteiger partial charge >= 0.3 is 0 Å². The van der Waals surface area contributed by atoms with Crippen molar-refractivity contribution < 1.29 is 17.9 Å². The van der Waals surface area contributed by atoms with E-state index >= 15 is 0 Å². The van der Waals surface area contributed by atoms with Crippen LogP contribution in [0.5, 0.6) is 0 Å². The van der Waals surface area contributed by atoms with Crippen LogP contribution in [0.25, 0.3) is 0 Å². The van der Waals surface area contributed by atoms with Crippen molar-refractivity contribution in [3.05, 3.63) is 51.9 Å². The molecule has 114 valence electrons. The molecule has 1 aromatic heterocycles. The van der Waals surface area contributed by atoms with Crippen LogP contribution in [0, 0.1) is 0 Å². The number of aliphatic hydroxyl groups excluding tert-OH is 1. The number of benzene rings is 1. The standard InChI is InChI=1S/C13H13Cl2NO4S/c14-11-7-12(15)13(6-9(11)8-17)21(18,19)16-4-3-10-2-1-5-20-10/h1-2,5-7,16-17H,3-4,8H2. The monoisotopic (exact) mass is 349 g/mol. The summed E-state index contributed by atoms with van der Waals surface area (Å²) in [4.78, 5) is -0.114. The molecule has 0 aliphatic rings. The average Bonchev–Trinajstić information content (AvgIpc) is 2.91. The molecule has 0 amide bonds. The SMILES string of the molecule is O=S(=O)(NCCc1ccco1)c1cc(CO)c(Cl)cc1Cl. The van der Waals surface area contributed by atoms with Crippen LogP contribution in [0.3, 0.4) is 0 Å². The van der Waals surface area contributed by atoms with Crippen LogP contribution < -0.4 is 4.72 Å². The Bertz CT molecular complexity index is 714. The van der Waals surface area contributed by atoms with Crippen molar-refractivity contribution in [1.82, 2.24) is 4.72 Å². The molecule has 0 bridgehead atoms. The third-order valence-corrected chi connectivity index (χ3v) is 5.08. The molecular formula is C13H13Cl2NO4S. The van der Waals surface area contributed by atoms with Gasteiger partial charge in [-0.2, -0.15) is 0 Å². The van der Waals surface area contributed by atoms with E-state index in [1.807, 2.05) is 0 Å². The lowest BCUT2D eigenvalue weighted by Crippen LogP contribution is -2.26. The van der Waals surface area contributed by atoms with E-state index < -0.39 is 10.0 Å². The zero-order valence-electron chi connectivity index (χ0n) is 10.8. The minimum Gasteiger partial charge on any atom is -0.469 e. The molecule has 0 saturated heterocycles. The number of rotatable bonds is 6. The van der Waals surface area contributed by atoms with Gasteiger partial charge in [0.2, 0.25) is 10.0 Å². The van der Waals surface area contributed by atoms with Gasteiger partial charge in [0.15, 0.2) is 0 Å². The van der Waals surface area contributed by atoms with E-state index in [1.165, 1.54) is 18.4 Å². The van der Waals surface area contributed by atoms with Gasteiger partial charge in [-0.3, -0.25) is 0 Å². The third kappa shape index (κ3) is 3.99. The highest BCUT2D eigenvalue weighted by molar-refractivity contribution is 7.89. The zero-order valence-corrected chi connectivity index (χ0v) is 13.2. The van der Waals surface area contributed by atoms with Crippen molar-refractivity contribution in [1.29, 1.82) is 0 Å². The molecule has 1 aromatic carbocycles. The summed E-state index contributed by atoms with van der Waals surface area (Å²) >= 11 is 11.8. The second-order valence-corrected chi connectivity index (χ2v) is 6.81. The van der Waals surface area contributed by atoms with Crippen molar-refractivity contribution in [2.24, 2.45) is 0 Å². The number of sulfonamides is 1. The Kier molecular flexibility index (Phi) is 5.29. The Morgan fingerprint density at radius 3 is 2.62 bits per heavy atom. The lowest BCUT2D eigenvalue weighted by atomic mass is 10.2. The number of hydrogen-bond donors (Lipinski definition) is 2. The summed E-state index contributed by atoms with van der Waals surface area (Å²) in [7, 11) is -3.79. The highest BCUT2D eigenvalue weighted by Crippen LogP contribution is 2.28. The molecular weight excluding hydrogens is 337 g/mol. The normalized spacial score (nSPS) is 11.8. The first kappa shape index (κ1) is 16.3. The molecule has 0 aliphatic heterocycles. The molecule has 21 heavy (non-hydrogen) atoms. The maximum atomic E-state index is 12.2. The Balaban J connectivity index is 2.15. The molecule has 0 atom stereocenters.